The number of urea groups is 2. The highest BCUT2D eigenvalue weighted by Gasteiger charge is 2.59. The molecule has 0 aromatic carbocycles. The summed E-state index contributed by atoms with van der Waals surface area (Å²) in [4.78, 5) is 30.2. The number of aliphatic hydroxyl groups excluding tert-OH is 4. The highest BCUT2D eigenvalue weighted by Crippen LogP contribution is 2.35. The van der Waals surface area contributed by atoms with Crippen LogP contribution < -0.4 is 0 Å². The van der Waals surface area contributed by atoms with Crippen LogP contribution in [0, 0.1) is 0 Å². The van der Waals surface area contributed by atoms with E-state index >= 15 is 0 Å². The lowest BCUT2D eigenvalue weighted by molar-refractivity contribution is 0.0272. The number of β-amino-alcohol motifs (C(OH)–C–C–N with tert-alkyl or cyclic N) is 2. The van der Waals surface area contributed by atoms with Gasteiger partial charge < -0.3 is 20.4 Å². The van der Waals surface area contributed by atoms with E-state index < -0.39 is 50.1 Å². The quantitative estimate of drug-likeness (QED) is 0.402. The van der Waals surface area contributed by atoms with Gasteiger partial charge in [0.25, 0.3) is 0 Å². The third kappa shape index (κ3) is 3.73. The van der Waals surface area contributed by atoms with Gasteiger partial charge in [0.15, 0.2) is 12.3 Å². The third-order valence-corrected chi connectivity index (χ3v) is 4.89. The average molecular weight is 374 g/mol. The minimum Gasteiger partial charge on any atom is -0.391 e. The van der Waals surface area contributed by atoms with E-state index in [2.05, 4.69) is 0 Å². The monoisotopic (exact) mass is 374 g/mol. The summed E-state index contributed by atoms with van der Waals surface area (Å²) in [5.74, 6) is 0. The first kappa shape index (κ1) is 20.7. The molecule has 0 aromatic rings. The Morgan fingerprint density at radius 3 is 1.42 bits per heavy atom. The topological polar surface area (TPSA) is 128 Å². The Morgan fingerprint density at radius 1 is 0.769 bits per heavy atom. The van der Waals surface area contributed by atoms with Crippen molar-refractivity contribution in [3.8, 4) is 0 Å². The van der Waals surface area contributed by atoms with Crippen molar-refractivity contribution in [3.05, 3.63) is 0 Å². The number of aliphatic hydroxyl groups is 4. The second-order valence-electron chi connectivity index (χ2n) is 6.80. The van der Waals surface area contributed by atoms with Crippen molar-refractivity contribution >= 4 is 12.1 Å². The van der Waals surface area contributed by atoms with Crippen LogP contribution in [0.2, 0.25) is 0 Å². The first-order valence-corrected chi connectivity index (χ1v) is 9.13. The molecule has 0 saturated carbocycles. The molecule has 10 heteroatoms. The molecule has 0 spiro atoms. The van der Waals surface area contributed by atoms with E-state index in [-0.39, 0.29) is 13.1 Å². The Labute approximate surface area is 153 Å². The number of fused-ring (bicyclic) bond motifs is 1. The van der Waals surface area contributed by atoms with Gasteiger partial charge in [-0.2, -0.15) is 0 Å². The highest BCUT2D eigenvalue weighted by atomic mass is 16.3. The van der Waals surface area contributed by atoms with Crippen LogP contribution in [-0.2, 0) is 0 Å². The fourth-order valence-corrected chi connectivity index (χ4v) is 3.73. The maximum atomic E-state index is 12.9. The van der Waals surface area contributed by atoms with E-state index in [4.69, 9.17) is 0 Å². The van der Waals surface area contributed by atoms with Gasteiger partial charge >= 0.3 is 12.1 Å². The Bertz CT molecular complexity index is 467. The zero-order chi connectivity index (χ0) is 19.4. The number of rotatable bonds is 10. The molecule has 2 heterocycles. The minimum absolute atomic E-state index is 0.0112. The van der Waals surface area contributed by atoms with E-state index in [1.807, 2.05) is 13.8 Å². The normalized spacial score (nSPS) is 25.3. The first-order valence-electron chi connectivity index (χ1n) is 9.13. The van der Waals surface area contributed by atoms with Crippen LogP contribution in [0.5, 0.6) is 0 Å². The molecule has 4 amide bonds. The van der Waals surface area contributed by atoms with Crippen molar-refractivity contribution in [2.45, 2.75) is 64.1 Å². The molecule has 10 nitrogen and oxygen atoms in total. The number of hydrogen-bond donors (Lipinski definition) is 4. The molecule has 2 rings (SSSR count). The smallest absolute Gasteiger partial charge is 0.327 e. The molecule has 4 atom stereocenters. The second kappa shape index (κ2) is 8.85. The molecular weight excluding hydrogens is 344 g/mol. The molecule has 0 bridgehead atoms. The number of hydrogen-bond acceptors (Lipinski definition) is 6. The Hall–Kier alpha value is -1.62. The van der Waals surface area contributed by atoms with E-state index in [1.165, 1.54) is 9.80 Å². The predicted molar refractivity (Wildman–Crippen MR) is 91.5 cm³/mol. The van der Waals surface area contributed by atoms with E-state index in [9.17, 15) is 30.0 Å². The Morgan fingerprint density at radius 2 is 1.12 bits per heavy atom. The summed E-state index contributed by atoms with van der Waals surface area (Å²) < 4.78 is 0. The van der Waals surface area contributed by atoms with Crippen molar-refractivity contribution in [3.63, 3.8) is 0 Å². The lowest BCUT2D eigenvalue weighted by Gasteiger charge is -2.30. The van der Waals surface area contributed by atoms with Crippen LogP contribution in [0.3, 0.4) is 0 Å². The Kier molecular flexibility index (Phi) is 7.04. The van der Waals surface area contributed by atoms with Crippen LogP contribution in [0.1, 0.15) is 39.5 Å². The molecule has 2 saturated heterocycles. The number of carbonyl (C=O) groups excluding carboxylic acids is 2. The lowest BCUT2D eigenvalue weighted by atomic mass is 10.2. The van der Waals surface area contributed by atoms with Crippen molar-refractivity contribution in [2.24, 2.45) is 0 Å². The molecule has 2 aliphatic heterocycles. The lowest BCUT2D eigenvalue weighted by Crippen LogP contribution is -2.49. The van der Waals surface area contributed by atoms with Crippen LogP contribution >= 0.6 is 0 Å². The predicted octanol–water partition coefficient (Wildman–Crippen LogP) is -0.665. The van der Waals surface area contributed by atoms with Crippen LogP contribution in [0.15, 0.2) is 0 Å². The molecular formula is C16H30N4O6. The van der Waals surface area contributed by atoms with Crippen molar-refractivity contribution < 1.29 is 30.0 Å². The minimum atomic E-state index is -0.826. The maximum Gasteiger partial charge on any atom is 0.327 e. The molecule has 2 fully saturated rings. The number of amides is 4. The van der Waals surface area contributed by atoms with Crippen molar-refractivity contribution in [1.29, 1.82) is 0 Å². The zero-order valence-electron chi connectivity index (χ0n) is 15.4. The molecule has 4 unspecified atom stereocenters. The van der Waals surface area contributed by atoms with Gasteiger partial charge in [-0.1, -0.05) is 26.7 Å². The SMILES string of the molecule is CCCC(O)CN1C(=O)N(CC(O)CCC)C2C1N(CO)C(=O)N2CO. The summed E-state index contributed by atoms with van der Waals surface area (Å²) in [5.41, 5.74) is 0. The van der Waals surface area contributed by atoms with Crippen LogP contribution in [0.4, 0.5) is 9.59 Å². The molecule has 4 N–H and O–H groups in total. The van der Waals surface area contributed by atoms with Gasteiger partial charge in [-0.15, -0.1) is 0 Å². The standard InChI is InChI=1S/C16H30N4O6/c1-3-5-11(23)7-17-13-14(20(10-22)16(26)19(13)9-21)18(15(17)25)8-12(24)6-4-2/h11-14,21-24H,3-10H2,1-2H3. The van der Waals surface area contributed by atoms with Gasteiger partial charge in [0.05, 0.1) is 25.3 Å². The van der Waals surface area contributed by atoms with Crippen LogP contribution in [-0.4, -0.2) is 103 Å². The van der Waals surface area contributed by atoms with Crippen molar-refractivity contribution in [1.82, 2.24) is 19.6 Å². The van der Waals surface area contributed by atoms with Gasteiger partial charge in [0.2, 0.25) is 0 Å². The number of nitrogens with zero attached hydrogens (tertiary/aromatic N) is 4. The van der Waals surface area contributed by atoms with Gasteiger partial charge in [0, 0.05) is 0 Å². The van der Waals surface area contributed by atoms with Gasteiger partial charge in [-0.25, -0.2) is 9.59 Å². The summed E-state index contributed by atoms with van der Waals surface area (Å²) in [6, 6.07) is -1.03. The maximum absolute atomic E-state index is 12.9. The summed E-state index contributed by atoms with van der Waals surface area (Å²) in [7, 11) is 0. The molecule has 150 valence electrons. The van der Waals surface area contributed by atoms with E-state index in [0.717, 1.165) is 22.6 Å². The largest absolute Gasteiger partial charge is 0.391 e. The fourth-order valence-electron chi connectivity index (χ4n) is 3.73. The van der Waals surface area contributed by atoms with Crippen molar-refractivity contribution in [2.75, 3.05) is 26.6 Å². The molecule has 2 aliphatic rings. The van der Waals surface area contributed by atoms with E-state index in [1.54, 1.807) is 0 Å². The van der Waals surface area contributed by atoms with E-state index in [0.29, 0.717) is 12.8 Å². The van der Waals surface area contributed by atoms with Gasteiger partial charge in [-0.05, 0) is 12.8 Å². The van der Waals surface area contributed by atoms with Gasteiger partial charge in [-0.3, -0.25) is 19.6 Å². The fraction of sp³-hybridized carbons (Fsp3) is 0.875. The van der Waals surface area contributed by atoms with Crippen LogP contribution in [0.25, 0.3) is 0 Å². The second-order valence-corrected chi connectivity index (χ2v) is 6.80. The highest BCUT2D eigenvalue weighted by molar-refractivity contribution is 5.85. The molecule has 0 radical (unpaired) electrons. The first-order chi connectivity index (χ1) is 12.4. The molecule has 26 heavy (non-hydrogen) atoms. The molecule has 0 aliphatic carbocycles. The summed E-state index contributed by atoms with van der Waals surface area (Å²) in [6.07, 6.45) is -0.705. The molecule has 0 aromatic heterocycles. The van der Waals surface area contributed by atoms with Gasteiger partial charge in [0.1, 0.15) is 13.5 Å². The summed E-state index contributed by atoms with van der Waals surface area (Å²) >= 11 is 0. The third-order valence-electron chi connectivity index (χ3n) is 4.89. The average Bonchev–Trinajstić information content (AvgIpc) is 3.01. The summed E-state index contributed by atoms with van der Waals surface area (Å²) in [5, 5.41) is 39.6. The Balaban J connectivity index is 2.31. The number of carbonyl (C=O) groups is 2. The zero-order valence-corrected chi connectivity index (χ0v) is 15.4. The summed E-state index contributed by atoms with van der Waals surface area (Å²) in [6.45, 7) is 2.62.